The second-order valence-corrected chi connectivity index (χ2v) is 5.91. The van der Waals surface area contributed by atoms with Gasteiger partial charge in [0.25, 0.3) is 0 Å². The van der Waals surface area contributed by atoms with Crippen LogP contribution < -0.4 is 0 Å². The summed E-state index contributed by atoms with van der Waals surface area (Å²) in [6.07, 6.45) is 2.43. The van der Waals surface area contributed by atoms with Crippen molar-refractivity contribution in [3.8, 4) is 0 Å². The second kappa shape index (κ2) is 5.52. The van der Waals surface area contributed by atoms with Crippen molar-refractivity contribution in [2.45, 2.75) is 38.0 Å². The third-order valence-electron chi connectivity index (χ3n) is 2.40. The van der Waals surface area contributed by atoms with E-state index in [1.54, 1.807) is 6.20 Å². The highest BCUT2D eigenvalue weighted by atomic mass is 35.5. The van der Waals surface area contributed by atoms with E-state index in [0.717, 1.165) is 11.1 Å². The highest BCUT2D eigenvalue weighted by molar-refractivity contribution is 6.30. The summed E-state index contributed by atoms with van der Waals surface area (Å²) in [5, 5.41) is 8.19. The first-order valence-corrected chi connectivity index (χ1v) is 6.44. The molecule has 0 aliphatic rings. The maximum atomic E-state index is 6.10. The van der Waals surface area contributed by atoms with Crippen molar-refractivity contribution < 1.29 is 0 Å². The number of alkyl halides is 2. The van der Waals surface area contributed by atoms with Crippen molar-refractivity contribution in [1.82, 2.24) is 10.2 Å². The average molecular weight is 282 g/mol. The Morgan fingerprint density at radius 2 is 2.06 bits per heavy atom. The quantitative estimate of drug-likeness (QED) is 0.784. The molecule has 1 unspecified atom stereocenters. The van der Waals surface area contributed by atoms with Crippen LogP contribution in [-0.4, -0.2) is 21.5 Å². The molecule has 90 valence electrons. The van der Waals surface area contributed by atoms with E-state index < -0.39 is 0 Å². The van der Waals surface area contributed by atoms with Crippen molar-refractivity contribution in [2.24, 2.45) is 0 Å². The van der Waals surface area contributed by atoms with E-state index in [0.29, 0.717) is 17.5 Å². The Morgan fingerprint density at radius 3 is 2.56 bits per heavy atom. The Hall–Kier alpha value is -0.0500. The number of halogens is 3. The van der Waals surface area contributed by atoms with Crippen LogP contribution in [0.1, 0.15) is 31.9 Å². The zero-order valence-corrected chi connectivity index (χ0v) is 11.9. The number of aromatic nitrogens is 2. The molecule has 0 spiro atoms. The topological polar surface area (TPSA) is 25.8 Å². The van der Waals surface area contributed by atoms with Gasteiger partial charge in [-0.05, 0) is 18.9 Å². The highest BCUT2D eigenvalue weighted by Crippen LogP contribution is 2.33. The van der Waals surface area contributed by atoms with Crippen molar-refractivity contribution >= 4 is 34.8 Å². The van der Waals surface area contributed by atoms with Gasteiger partial charge in [0.05, 0.1) is 6.20 Å². The minimum atomic E-state index is -0.226. The molecule has 0 amide bonds. The predicted octanol–water partition coefficient (Wildman–Crippen LogP) is 3.82. The summed E-state index contributed by atoms with van der Waals surface area (Å²) in [5.74, 6) is 0.474. The Bertz CT molecular complexity index is 364. The fraction of sp³-hybridized carbons (Fsp3) is 0.636. The van der Waals surface area contributed by atoms with Crippen molar-refractivity contribution in [1.29, 1.82) is 0 Å². The molecule has 0 radical (unpaired) electrons. The molecule has 2 nitrogen and oxygen atoms in total. The van der Waals surface area contributed by atoms with Gasteiger partial charge in [-0.2, -0.15) is 5.10 Å². The van der Waals surface area contributed by atoms with Crippen LogP contribution in [0.15, 0.2) is 6.20 Å². The molecule has 0 aromatic carbocycles. The normalized spacial score (nSPS) is 13.9. The largest absolute Gasteiger partial charge is 0.157 e. The minimum absolute atomic E-state index is 0.0325. The fourth-order valence-corrected chi connectivity index (χ4v) is 2.36. The average Bonchev–Trinajstić information content (AvgIpc) is 2.16. The van der Waals surface area contributed by atoms with E-state index in [4.69, 9.17) is 34.8 Å². The van der Waals surface area contributed by atoms with Crippen LogP contribution in [0.4, 0.5) is 0 Å². The molecule has 0 saturated heterocycles. The molecule has 0 aliphatic heterocycles. The zero-order valence-electron chi connectivity index (χ0n) is 9.60. The van der Waals surface area contributed by atoms with Crippen LogP contribution in [-0.2, 0) is 11.8 Å². The molecule has 1 heterocycles. The molecule has 0 N–H and O–H groups in total. The lowest BCUT2D eigenvalue weighted by Gasteiger charge is -2.25. The molecule has 1 rings (SSSR count). The number of rotatable bonds is 4. The second-order valence-electron chi connectivity index (χ2n) is 4.54. The van der Waals surface area contributed by atoms with Crippen LogP contribution >= 0.6 is 34.8 Å². The lowest BCUT2D eigenvalue weighted by molar-refractivity contribution is 0.582. The van der Waals surface area contributed by atoms with E-state index >= 15 is 0 Å². The Morgan fingerprint density at radius 1 is 1.44 bits per heavy atom. The van der Waals surface area contributed by atoms with Crippen LogP contribution in [0.25, 0.3) is 0 Å². The van der Waals surface area contributed by atoms with E-state index in [1.165, 1.54) is 0 Å². The lowest BCUT2D eigenvalue weighted by Crippen LogP contribution is -2.23. The fourth-order valence-electron chi connectivity index (χ4n) is 1.63. The predicted molar refractivity (Wildman–Crippen MR) is 69.8 cm³/mol. The van der Waals surface area contributed by atoms with Crippen molar-refractivity contribution in [2.75, 3.05) is 5.88 Å². The van der Waals surface area contributed by atoms with Gasteiger partial charge in [-0.1, -0.05) is 25.4 Å². The summed E-state index contributed by atoms with van der Waals surface area (Å²) in [4.78, 5) is 0. The third kappa shape index (κ3) is 3.22. The van der Waals surface area contributed by atoms with E-state index in [2.05, 4.69) is 10.2 Å². The lowest BCUT2D eigenvalue weighted by atomic mass is 9.84. The van der Waals surface area contributed by atoms with Crippen LogP contribution in [0.5, 0.6) is 0 Å². The summed E-state index contributed by atoms with van der Waals surface area (Å²) >= 11 is 18.1. The van der Waals surface area contributed by atoms with Crippen LogP contribution in [0, 0.1) is 0 Å². The minimum Gasteiger partial charge on any atom is -0.157 e. The van der Waals surface area contributed by atoms with Gasteiger partial charge in [-0.3, -0.25) is 0 Å². The van der Waals surface area contributed by atoms with Gasteiger partial charge in [-0.25, -0.2) is 0 Å². The molecule has 0 bridgehead atoms. The molecule has 5 heteroatoms. The molecule has 0 saturated carbocycles. The van der Waals surface area contributed by atoms with Gasteiger partial charge < -0.3 is 0 Å². The third-order valence-corrected chi connectivity index (χ3v) is 3.49. The van der Waals surface area contributed by atoms with Crippen molar-refractivity contribution in [3.05, 3.63) is 22.5 Å². The zero-order chi connectivity index (χ0) is 12.3. The van der Waals surface area contributed by atoms with Crippen LogP contribution in [0.3, 0.4) is 0 Å². The Kier molecular flexibility index (Phi) is 4.84. The smallest absolute Gasteiger partial charge is 0.155 e. The van der Waals surface area contributed by atoms with Gasteiger partial charge >= 0.3 is 0 Å². The summed E-state index contributed by atoms with van der Waals surface area (Å²) < 4.78 is 0. The van der Waals surface area contributed by atoms with Crippen LogP contribution in [0.2, 0.25) is 5.15 Å². The molecule has 0 aliphatic carbocycles. The molecule has 0 fully saturated rings. The standard InChI is InChI=1S/C11H15Cl3N2/c1-7(13)4-8-5-15-16-10(14)9(8)11(2,3)6-12/h5,7H,4,6H2,1-3H3. The Balaban J connectivity index is 3.23. The summed E-state index contributed by atoms with van der Waals surface area (Å²) in [6, 6.07) is 0. The summed E-state index contributed by atoms with van der Waals surface area (Å²) in [5.41, 5.74) is 1.75. The van der Waals surface area contributed by atoms with Crippen molar-refractivity contribution in [3.63, 3.8) is 0 Å². The first-order valence-electron chi connectivity index (χ1n) is 5.09. The summed E-state index contributed by atoms with van der Waals surface area (Å²) in [6.45, 7) is 6.00. The molecular weight excluding hydrogens is 266 g/mol. The van der Waals surface area contributed by atoms with E-state index in [9.17, 15) is 0 Å². The number of hydrogen-bond donors (Lipinski definition) is 0. The number of nitrogens with zero attached hydrogens (tertiary/aromatic N) is 2. The maximum absolute atomic E-state index is 6.10. The van der Waals surface area contributed by atoms with Gasteiger partial charge in [-0.15, -0.1) is 28.3 Å². The number of hydrogen-bond acceptors (Lipinski definition) is 2. The Labute approximate surface area is 111 Å². The van der Waals surface area contributed by atoms with E-state index in [1.807, 2.05) is 20.8 Å². The maximum Gasteiger partial charge on any atom is 0.155 e. The molecule has 1 atom stereocenters. The molecule has 16 heavy (non-hydrogen) atoms. The molecule has 1 aromatic rings. The highest BCUT2D eigenvalue weighted by Gasteiger charge is 2.27. The summed E-state index contributed by atoms with van der Waals surface area (Å²) in [7, 11) is 0. The molecule has 1 aromatic heterocycles. The first kappa shape index (κ1) is 14.0. The molecular formula is C11H15Cl3N2. The first-order chi connectivity index (χ1) is 7.38. The monoisotopic (exact) mass is 280 g/mol. The van der Waals surface area contributed by atoms with E-state index in [-0.39, 0.29) is 10.8 Å². The van der Waals surface area contributed by atoms with Gasteiger partial charge in [0.1, 0.15) is 0 Å². The SMILES string of the molecule is CC(Cl)Cc1cnnc(Cl)c1C(C)(C)CCl. The van der Waals surface area contributed by atoms with Gasteiger partial charge in [0, 0.05) is 22.2 Å². The van der Waals surface area contributed by atoms with Gasteiger partial charge in [0.2, 0.25) is 0 Å². The van der Waals surface area contributed by atoms with Gasteiger partial charge in [0.15, 0.2) is 5.15 Å².